The number of para-hydroxylation sites is 1. The van der Waals surface area contributed by atoms with Gasteiger partial charge in [-0.15, -0.1) is 10.2 Å². The van der Waals surface area contributed by atoms with Crippen LogP contribution in [0, 0.1) is 0 Å². The van der Waals surface area contributed by atoms with Crippen LogP contribution in [0.5, 0.6) is 5.75 Å². The van der Waals surface area contributed by atoms with Gasteiger partial charge in [0.2, 0.25) is 11.7 Å². The summed E-state index contributed by atoms with van der Waals surface area (Å²) in [7, 11) is 1.61. The number of hydrogen-bond acceptors (Lipinski definition) is 6. The number of nitrogens with one attached hydrogen (secondary N) is 1. The summed E-state index contributed by atoms with van der Waals surface area (Å²) in [6.45, 7) is 5.41. The van der Waals surface area contributed by atoms with E-state index in [2.05, 4.69) is 15.5 Å². The number of fused-ring (bicyclic) bond motifs is 3. The van der Waals surface area contributed by atoms with E-state index in [1.807, 2.05) is 66.8 Å². The van der Waals surface area contributed by atoms with Gasteiger partial charge in [0.25, 0.3) is 5.56 Å². The molecule has 0 aliphatic carbocycles. The van der Waals surface area contributed by atoms with Crippen molar-refractivity contribution >= 4 is 22.6 Å². The SMILES string of the molecule is COc1cccc(CNC(=O)CCc2nnc3n(CCCOC(C)C)c(=O)c4ccccc4n23)c1. The number of rotatable bonds is 11. The number of nitrogens with zero attached hydrogens (tertiary/aromatic N) is 4. The van der Waals surface area contributed by atoms with E-state index in [1.54, 1.807) is 11.7 Å². The van der Waals surface area contributed by atoms with Gasteiger partial charge in [0.15, 0.2) is 0 Å². The molecule has 0 unspecified atom stereocenters. The number of aryl methyl sites for hydroxylation is 2. The molecule has 2 heterocycles. The number of benzene rings is 2. The minimum absolute atomic E-state index is 0.0898. The standard InChI is InChI=1S/C26H31N5O4/c1-18(2)35-15-7-14-30-25(33)21-10-4-5-11-22(21)31-23(28-29-26(30)31)12-13-24(32)27-17-19-8-6-9-20(16-19)34-3/h4-6,8-11,16,18H,7,12-15,17H2,1-3H3,(H,27,32). The van der Waals surface area contributed by atoms with Crippen LogP contribution >= 0.6 is 0 Å². The van der Waals surface area contributed by atoms with E-state index in [0.29, 0.717) is 49.5 Å². The van der Waals surface area contributed by atoms with Gasteiger partial charge in [-0.05, 0) is 50.1 Å². The van der Waals surface area contributed by atoms with Crippen molar-refractivity contribution in [2.75, 3.05) is 13.7 Å². The Morgan fingerprint density at radius 3 is 2.74 bits per heavy atom. The molecule has 4 aromatic rings. The van der Waals surface area contributed by atoms with Gasteiger partial charge in [0.1, 0.15) is 11.6 Å². The maximum Gasteiger partial charge on any atom is 0.262 e. The molecular weight excluding hydrogens is 446 g/mol. The summed E-state index contributed by atoms with van der Waals surface area (Å²) in [6, 6.07) is 15.0. The first kappa shape index (κ1) is 24.4. The molecule has 2 aromatic heterocycles. The number of ether oxygens (including phenoxy) is 2. The van der Waals surface area contributed by atoms with Crippen molar-refractivity contribution in [1.82, 2.24) is 24.5 Å². The lowest BCUT2D eigenvalue weighted by atomic mass is 10.2. The quantitative estimate of drug-likeness (QED) is 0.333. The second-order valence-corrected chi connectivity index (χ2v) is 8.63. The zero-order valence-corrected chi connectivity index (χ0v) is 20.4. The van der Waals surface area contributed by atoms with E-state index in [0.717, 1.165) is 16.8 Å². The van der Waals surface area contributed by atoms with Crippen LogP contribution < -0.4 is 15.6 Å². The monoisotopic (exact) mass is 477 g/mol. The molecule has 0 radical (unpaired) electrons. The number of aromatic nitrogens is 4. The highest BCUT2D eigenvalue weighted by Gasteiger charge is 2.17. The highest BCUT2D eigenvalue weighted by atomic mass is 16.5. The summed E-state index contributed by atoms with van der Waals surface area (Å²) in [5, 5.41) is 12.2. The Morgan fingerprint density at radius 1 is 1.11 bits per heavy atom. The molecule has 2 aromatic carbocycles. The maximum atomic E-state index is 13.2. The Bertz CT molecular complexity index is 1380. The van der Waals surface area contributed by atoms with Crippen LogP contribution in [-0.4, -0.2) is 44.9 Å². The topological polar surface area (TPSA) is 99.8 Å². The van der Waals surface area contributed by atoms with Crippen LogP contribution in [0.15, 0.2) is 53.3 Å². The number of amides is 1. The van der Waals surface area contributed by atoms with Crippen molar-refractivity contribution in [3.8, 4) is 5.75 Å². The summed E-state index contributed by atoms with van der Waals surface area (Å²) in [4.78, 5) is 25.7. The first-order valence-electron chi connectivity index (χ1n) is 11.8. The third-order valence-corrected chi connectivity index (χ3v) is 5.75. The Kier molecular flexibility index (Phi) is 7.77. The molecule has 0 saturated carbocycles. The highest BCUT2D eigenvalue weighted by molar-refractivity contribution is 5.80. The predicted molar refractivity (Wildman–Crippen MR) is 134 cm³/mol. The molecule has 4 rings (SSSR count). The van der Waals surface area contributed by atoms with E-state index < -0.39 is 0 Å². The van der Waals surface area contributed by atoms with Gasteiger partial charge in [-0.1, -0.05) is 24.3 Å². The van der Waals surface area contributed by atoms with E-state index in [1.165, 1.54) is 0 Å². The van der Waals surface area contributed by atoms with E-state index in [4.69, 9.17) is 9.47 Å². The number of carbonyl (C=O) groups excluding carboxylic acids is 1. The van der Waals surface area contributed by atoms with Crippen molar-refractivity contribution in [2.45, 2.75) is 52.3 Å². The molecule has 1 N–H and O–H groups in total. The van der Waals surface area contributed by atoms with Crippen LogP contribution in [0.3, 0.4) is 0 Å². The summed E-state index contributed by atoms with van der Waals surface area (Å²) in [6.07, 6.45) is 1.46. The molecule has 9 nitrogen and oxygen atoms in total. The third-order valence-electron chi connectivity index (χ3n) is 5.75. The lowest BCUT2D eigenvalue weighted by molar-refractivity contribution is -0.121. The molecule has 0 saturated heterocycles. The lowest BCUT2D eigenvalue weighted by Crippen LogP contribution is -2.25. The van der Waals surface area contributed by atoms with Crippen molar-refractivity contribution in [2.24, 2.45) is 0 Å². The fourth-order valence-corrected chi connectivity index (χ4v) is 4.02. The fraction of sp³-hybridized carbons (Fsp3) is 0.385. The zero-order valence-electron chi connectivity index (χ0n) is 20.4. The second kappa shape index (κ2) is 11.1. The predicted octanol–water partition coefficient (Wildman–Crippen LogP) is 3.12. The first-order chi connectivity index (χ1) is 17.0. The number of hydrogen-bond donors (Lipinski definition) is 1. The minimum atomic E-state index is -0.104. The van der Waals surface area contributed by atoms with Crippen LogP contribution in [0.2, 0.25) is 0 Å². The lowest BCUT2D eigenvalue weighted by Gasteiger charge is -2.12. The number of carbonyl (C=O) groups is 1. The van der Waals surface area contributed by atoms with Gasteiger partial charge < -0.3 is 14.8 Å². The van der Waals surface area contributed by atoms with Gasteiger partial charge in [-0.3, -0.25) is 18.6 Å². The average molecular weight is 478 g/mol. The van der Waals surface area contributed by atoms with Gasteiger partial charge in [0.05, 0.1) is 24.1 Å². The van der Waals surface area contributed by atoms with Crippen LogP contribution in [0.25, 0.3) is 16.7 Å². The van der Waals surface area contributed by atoms with Crippen molar-refractivity contribution < 1.29 is 14.3 Å². The van der Waals surface area contributed by atoms with Crippen molar-refractivity contribution in [3.05, 3.63) is 70.3 Å². The van der Waals surface area contributed by atoms with Crippen LogP contribution in [-0.2, 0) is 29.0 Å². The molecule has 9 heteroatoms. The normalized spacial score (nSPS) is 11.4. The molecule has 0 bridgehead atoms. The summed E-state index contributed by atoms with van der Waals surface area (Å²) in [5.41, 5.74) is 1.59. The minimum Gasteiger partial charge on any atom is -0.497 e. The number of methoxy groups -OCH3 is 1. The molecule has 0 aliphatic heterocycles. The average Bonchev–Trinajstić information content (AvgIpc) is 3.29. The summed E-state index contributed by atoms with van der Waals surface area (Å²) < 4.78 is 14.4. The summed E-state index contributed by atoms with van der Waals surface area (Å²) >= 11 is 0. The smallest absolute Gasteiger partial charge is 0.262 e. The Morgan fingerprint density at radius 2 is 1.94 bits per heavy atom. The Hall–Kier alpha value is -3.72. The van der Waals surface area contributed by atoms with Gasteiger partial charge in [-0.2, -0.15) is 0 Å². The van der Waals surface area contributed by atoms with E-state index >= 15 is 0 Å². The van der Waals surface area contributed by atoms with Crippen LogP contribution in [0.4, 0.5) is 0 Å². The van der Waals surface area contributed by atoms with Gasteiger partial charge in [-0.25, -0.2) is 0 Å². The maximum absolute atomic E-state index is 13.2. The molecule has 184 valence electrons. The highest BCUT2D eigenvalue weighted by Crippen LogP contribution is 2.16. The third kappa shape index (κ3) is 5.68. The van der Waals surface area contributed by atoms with Crippen molar-refractivity contribution in [1.29, 1.82) is 0 Å². The van der Waals surface area contributed by atoms with Gasteiger partial charge >= 0.3 is 0 Å². The van der Waals surface area contributed by atoms with Crippen LogP contribution in [0.1, 0.15) is 38.1 Å². The molecule has 1 amide bonds. The Labute approximate surface area is 203 Å². The van der Waals surface area contributed by atoms with Gasteiger partial charge in [0, 0.05) is 32.5 Å². The van der Waals surface area contributed by atoms with E-state index in [9.17, 15) is 9.59 Å². The van der Waals surface area contributed by atoms with E-state index in [-0.39, 0.29) is 24.0 Å². The molecule has 35 heavy (non-hydrogen) atoms. The largest absolute Gasteiger partial charge is 0.497 e. The first-order valence-corrected chi connectivity index (χ1v) is 11.8. The Balaban J connectivity index is 1.52. The molecular formula is C26H31N5O4. The summed E-state index contributed by atoms with van der Waals surface area (Å²) in [5.74, 6) is 1.78. The molecule has 0 atom stereocenters. The van der Waals surface area contributed by atoms with Crippen molar-refractivity contribution in [3.63, 3.8) is 0 Å². The molecule has 0 fully saturated rings. The molecule has 0 spiro atoms. The fourth-order valence-electron chi connectivity index (χ4n) is 4.02. The second-order valence-electron chi connectivity index (χ2n) is 8.63. The zero-order chi connectivity index (χ0) is 24.8. The molecule has 0 aliphatic rings.